The highest BCUT2D eigenvalue weighted by molar-refractivity contribution is 5.52. The standard InChI is InChI=1S/C19H23FN4O/c20-18-7-3-5-15(22-18)13-23-12-8-16(14-23)25-17-6-4-9-21-19(17)24-10-1-2-11-24/h3-7,9,16H,1-2,8,10-14H2/t16-/m1/s1. The van der Waals surface area contributed by atoms with Gasteiger partial charge in [0.05, 0.1) is 5.69 Å². The zero-order chi connectivity index (χ0) is 17.1. The zero-order valence-corrected chi connectivity index (χ0v) is 14.3. The van der Waals surface area contributed by atoms with Gasteiger partial charge in [-0.05, 0) is 43.5 Å². The van der Waals surface area contributed by atoms with Crippen LogP contribution in [0.2, 0.25) is 0 Å². The van der Waals surface area contributed by atoms with Crippen LogP contribution in [0.4, 0.5) is 10.2 Å². The molecular formula is C19H23FN4O. The van der Waals surface area contributed by atoms with Gasteiger partial charge in [0.25, 0.3) is 0 Å². The van der Waals surface area contributed by atoms with Gasteiger partial charge in [0.15, 0.2) is 11.6 Å². The number of hydrogen-bond donors (Lipinski definition) is 0. The Hall–Kier alpha value is -2.21. The van der Waals surface area contributed by atoms with Crippen LogP contribution >= 0.6 is 0 Å². The maximum absolute atomic E-state index is 13.2. The maximum Gasteiger partial charge on any atom is 0.213 e. The quantitative estimate of drug-likeness (QED) is 0.782. The van der Waals surface area contributed by atoms with Gasteiger partial charge < -0.3 is 9.64 Å². The summed E-state index contributed by atoms with van der Waals surface area (Å²) in [6, 6.07) is 8.89. The van der Waals surface area contributed by atoms with E-state index in [0.29, 0.717) is 6.54 Å². The monoisotopic (exact) mass is 342 g/mol. The number of nitrogens with zero attached hydrogens (tertiary/aromatic N) is 4. The highest BCUT2D eigenvalue weighted by Crippen LogP contribution is 2.30. The van der Waals surface area contributed by atoms with E-state index < -0.39 is 5.95 Å². The number of anilines is 1. The van der Waals surface area contributed by atoms with Crippen LogP contribution in [0.5, 0.6) is 5.75 Å². The molecule has 25 heavy (non-hydrogen) atoms. The first-order valence-electron chi connectivity index (χ1n) is 8.98. The fraction of sp³-hybridized carbons (Fsp3) is 0.474. The number of rotatable bonds is 5. The molecule has 4 heterocycles. The lowest BCUT2D eigenvalue weighted by atomic mass is 10.3. The van der Waals surface area contributed by atoms with E-state index in [1.54, 1.807) is 6.07 Å². The smallest absolute Gasteiger partial charge is 0.213 e. The largest absolute Gasteiger partial charge is 0.485 e. The number of pyridine rings is 2. The summed E-state index contributed by atoms with van der Waals surface area (Å²) in [5, 5.41) is 0. The van der Waals surface area contributed by atoms with Crippen LogP contribution in [0.25, 0.3) is 0 Å². The second-order valence-corrected chi connectivity index (χ2v) is 6.73. The lowest BCUT2D eigenvalue weighted by molar-refractivity contribution is 0.197. The second kappa shape index (κ2) is 7.35. The molecule has 0 bridgehead atoms. The first-order chi connectivity index (χ1) is 12.3. The molecule has 6 heteroatoms. The van der Waals surface area contributed by atoms with Crippen molar-refractivity contribution in [2.45, 2.75) is 31.9 Å². The van der Waals surface area contributed by atoms with Crippen molar-refractivity contribution < 1.29 is 9.13 Å². The molecule has 0 N–H and O–H groups in total. The minimum absolute atomic E-state index is 0.138. The van der Waals surface area contributed by atoms with E-state index in [9.17, 15) is 4.39 Å². The number of hydrogen-bond acceptors (Lipinski definition) is 5. The Balaban J connectivity index is 1.38. The topological polar surface area (TPSA) is 41.5 Å². The van der Waals surface area contributed by atoms with Crippen molar-refractivity contribution in [1.82, 2.24) is 14.9 Å². The molecule has 0 aliphatic carbocycles. The fourth-order valence-corrected chi connectivity index (χ4v) is 3.62. The first kappa shape index (κ1) is 16.3. The predicted molar refractivity (Wildman–Crippen MR) is 94.2 cm³/mol. The normalized spacial score (nSPS) is 21.0. The molecule has 2 fully saturated rings. The molecule has 2 aliphatic rings. The number of halogens is 1. The van der Waals surface area contributed by atoms with Gasteiger partial charge in [0.2, 0.25) is 5.95 Å². The molecule has 0 unspecified atom stereocenters. The molecule has 4 rings (SSSR count). The van der Waals surface area contributed by atoms with Crippen LogP contribution in [0, 0.1) is 5.95 Å². The summed E-state index contributed by atoms with van der Waals surface area (Å²) in [4.78, 5) is 13.0. The SMILES string of the molecule is Fc1cccc(CN2CC[C@@H](Oc3cccnc3N3CCCC3)C2)n1. The Morgan fingerprint density at radius 3 is 2.84 bits per heavy atom. The van der Waals surface area contributed by atoms with Gasteiger partial charge in [-0.25, -0.2) is 9.97 Å². The van der Waals surface area contributed by atoms with Crippen LogP contribution in [0.1, 0.15) is 25.0 Å². The third-order valence-electron chi connectivity index (χ3n) is 4.84. The summed E-state index contributed by atoms with van der Waals surface area (Å²) in [5.74, 6) is 1.42. The maximum atomic E-state index is 13.2. The molecule has 2 saturated heterocycles. The summed E-state index contributed by atoms with van der Waals surface area (Å²) in [7, 11) is 0. The van der Waals surface area contributed by atoms with Gasteiger partial charge in [-0.3, -0.25) is 4.90 Å². The Kier molecular flexibility index (Phi) is 4.78. The van der Waals surface area contributed by atoms with Gasteiger partial charge in [-0.2, -0.15) is 4.39 Å². The average Bonchev–Trinajstić information content (AvgIpc) is 3.28. The van der Waals surface area contributed by atoms with Gasteiger partial charge in [-0.1, -0.05) is 6.07 Å². The lowest BCUT2D eigenvalue weighted by Crippen LogP contribution is -2.26. The van der Waals surface area contributed by atoms with Crippen molar-refractivity contribution in [2.24, 2.45) is 0 Å². The van der Waals surface area contributed by atoms with Gasteiger partial charge in [0, 0.05) is 38.9 Å². The van der Waals surface area contributed by atoms with E-state index in [1.165, 1.54) is 18.9 Å². The highest BCUT2D eigenvalue weighted by atomic mass is 19.1. The van der Waals surface area contributed by atoms with Crippen molar-refractivity contribution in [3.8, 4) is 5.75 Å². The summed E-state index contributed by atoms with van der Waals surface area (Å²) >= 11 is 0. The van der Waals surface area contributed by atoms with Crippen LogP contribution in [0.3, 0.4) is 0 Å². The third-order valence-corrected chi connectivity index (χ3v) is 4.84. The molecule has 0 aromatic carbocycles. The molecule has 0 saturated carbocycles. The van der Waals surface area contributed by atoms with Crippen LogP contribution in [0.15, 0.2) is 36.5 Å². The van der Waals surface area contributed by atoms with Crippen molar-refractivity contribution >= 4 is 5.82 Å². The van der Waals surface area contributed by atoms with E-state index >= 15 is 0 Å². The van der Waals surface area contributed by atoms with Crippen molar-refractivity contribution in [3.05, 3.63) is 48.2 Å². The van der Waals surface area contributed by atoms with Gasteiger partial charge >= 0.3 is 0 Å². The Morgan fingerprint density at radius 2 is 2.00 bits per heavy atom. The van der Waals surface area contributed by atoms with Crippen molar-refractivity contribution in [3.63, 3.8) is 0 Å². The summed E-state index contributed by atoms with van der Waals surface area (Å²) in [5.41, 5.74) is 0.764. The minimum Gasteiger partial charge on any atom is -0.485 e. The van der Waals surface area contributed by atoms with E-state index in [2.05, 4.69) is 19.8 Å². The van der Waals surface area contributed by atoms with Crippen molar-refractivity contribution in [1.29, 1.82) is 0 Å². The number of ether oxygens (including phenoxy) is 1. The van der Waals surface area contributed by atoms with E-state index in [-0.39, 0.29) is 6.10 Å². The Labute approximate surface area is 147 Å². The molecule has 2 aromatic rings. The molecule has 5 nitrogen and oxygen atoms in total. The molecule has 2 aromatic heterocycles. The van der Waals surface area contributed by atoms with Gasteiger partial charge in [0.1, 0.15) is 6.10 Å². The first-order valence-corrected chi connectivity index (χ1v) is 8.98. The summed E-state index contributed by atoms with van der Waals surface area (Å²) < 4.78 is 19.5. The van der Waals surface area contributed by atoms with E-state index in [1.807, 2.05) is 24.4 Å². The summed E-state index contributed by atoms with van der Waals surface area (Å²) in [6.07, 6.45) is 5.36. The molecule has 2 aliphatic heterocycles. The van der Waals surface area contributed by atoms with Crippen LogP contribution in [-0.4, -0.2) is 47.2 Å². The Morgan fingerprint density at radius 1 is 1.12 bits per heavy atom. The van der Waals surface area contributed by atoms with E-state index in [0.717, 1.165) is 49.9 Å². The van der Waals surface area contributed by atoms with Crippen molar-refractivity contribution in [2.75, 3.05) is 31.1 Å². The minimum atomic E-state index is -0.421. The van der Waals surface area contributed by atoms with Crippen LogP contribution < -0.4 is 9.64 Å². The van der Waals surface area contributed by atoms with E-state index in [4.69, 9.17) is 4.74 Å². The molecule has 0 amide bonds. The number of aromatic nitrogens is 2. The fourth-order valence-electron chi connectivity index (χ4n) is 3.62. The van der Waals surface area contributed by atoms with Crippen LogP contribution in [-0.2, 0) is 6.54 Å². The second-order valence-electron chi connectivity index (χ2n) is 6.73. The Bertz CT molecular complexity index is 720. The predicted octanol–water partition coefficient (Wildman–Crippen LogP) is 2.87. The average molecular weight is 342 g/mol. The highest BCUT2D eigenvalue weighted by Gasteiger charge is 2.26. The molecule has 0 spiro atoms. The molecule has 132 valence electrons. The molecule has 1 atom stereocenters. The lowest BCUT2D eigenvalue weighted by Gasteiger charge is -2.22. The molecule has 0 radical (unpaired) electrons. The third kappa shape index (κ3) is 3.90. The number of likely N-dealkylation sites (tertiary alicyclic amines) is 1. The zero-order valence-electron chi connectivity index (χ0n) is 14.3. The van der Waals surface area contributed by atoms with Gasteiger partial charge in [-0.15, -0.1) is 0 Å². The summed E-state index contributed by atoms with van der Waals surface area (Å²) in [6.45, 7) is 4.52. The molecular weight excluding hydrogens is 319 g/mol.